The van der Waals surface area contributed by atoms with Gasteiger partial charge >= 0.3 is 11.9 Å². The summed E-state index contributed by atoms with van der Waals surface area (Å²) in [6.07, 6.45) is -1.63. The maximum Gasteiger partial charge on any atom is 0.416 e. The second kappa shape index (κ2) is 10.3. The number of nitrogens with zero attached hydrogens (tertiary/aromatic N) is 1. The van der Waals surface area contributed by atoms with Gasteiger partial charge in [0, 0.05) is 48.8 Å². The van der Waals surface area contributed by atoms with Gasteiger partial charge in [0.2, 0.25) is 5.75 Å². The highest BCUT2D eigenvalue weighted by molar-refractivity contribution is 14.1. The molecule has 0 unspecified atom stereocenters. The van der Waals surface area contributed by atoms with Crippen LogP contribution in [-0.4, -0.2) is 23.6 Å². The first kappa shape index (κ1) is 27.2. The SMILES string of the molecule is COc1cc(C2C3=C(CCCC3=O)OC3=C2C(=O)CCC3)cc(I)c1Oc1ccc(C(F)(F)F)cc1[N+](=O)[O-]. The van der Waals surface area contributed by atoms with Crippen LogP contribution in [0.2, 0.25) is 0 Å². The first-order valence-corrected chi connectivity index (χ1v) is 13.2. The van der Waals surface area contributed by atoms with Crippen LogP contribution in [0.4, 0.5) is 18.9 Å². The molecule has 12 heteroatoms. The number of allylic oxidation sites excluding steroid dienone is 4. The van der Waals surface area contributed by atoms with E-state index in [-0.39, 0.29) is 23.1 Å². The molecule has 8 nitrogen and oxygen atoms in total. The standard InChI is InChI=1S/C27H21F3INO7/c1-37-22-11-13(23-24-17(33)4-2-6-20(24)38-21-7-3-5-18(34)25(21)23)10-15(31)26(22)39-19-9-8-14(27(28,29)30)12-16(19)32(35)36/h8-12,23H,2-7H2,1H3. The van der Waals surface area contributed by atoms with Crippen LogP contribution in [0.15, 0.2) is 53.0 Å². The Hall–Kier alpha value is -3.42. The van der Waals surface area contributed by atoms with Crippen LogP contribution >= 0.6 is 22.6 Å². The fourth-order valence-corrected chi connectivity index (χ4v) is 5.92. The van der Waals surface area contributed by atoms with Gasteiger partial charge in [-0.3, -0.25) is 19.7 Å². The molecule has 0 bridgehead atoms. The van der Waals surface area contributed by atoms with Gasteiger partial charge in [0.1, 0.15) is 11.5 Å². The minimum Gasteiger partial charge on any atom is -0.493 e. The number of halogens is 4. The molecule has 3 aliphatic rings. The average molecular weight is 655 g/mol. The van der Waals surface area contributed by atoms with Crippen molar-refractivity contribution in [1.82, 2.24) is 0 Å². The normalized spacial score (nSPS) is 18.0. The summed E-state index contributed by atoms with van der Waals surface area (Å²) in [7, 11) is 1.35. The molecule has 1 heterocycles. The molecule has 0 saturated carbocycles. The van der Waals surface area contributed by atoms with Gasteiger partial charge in [-0.15, -0.1) is 0 Å². The lowest BCUT2D eigenvalue weighted by Gasteiger charge is -2.36. The van der Waals surface area contributed by atoms with Crippen LogP contribution in [0.5, 0.6) is 17.2 Å². The summed E-state index contributed by atoms with van der Waals surface area (Å²) >= 11 is 1.92. The number of benzene rings is 2. The Labute approximate surface area is 234 Å². The Bertz CT molecular complexity index is 1440. The average Bonchev–Trinajstić information content (AvgIpc) is 2.88. The van der Waals surface area contributed by atoms with E-state index in [0.717, 1.165) is 6.07 Å². The van der Waals surface area contributed by atoms with Crippen molar-refractivity contribution in [2.75, 3.05) is 7.11 Å². The maximum atomic E-state index is 13.1. The number of nitro benzene ring substituents is 1. The van der Waals surface area contributed by atoms with E-state index in [1.54, 1.807) is 12.1 Å². The van der Waals surface area contributed by atoms with Crippen LogP contribution in [-0.2, 0) is 20.5 Å². The predicted octanol–water partition coefficient (Wildman–Crippen LogP) is 7.15. The molecule has 204 valence electrons. The van der Waals surface area contributed by atoms with E-state index in [1.807, 2.05) is 22.6 Å². The Morgan fingerprint density at radius 2 is 1.59 bits per heavy atom. The first-order chi connectivity index (χ1) is 18.5. The molecule has 2 aromatic rings. The third-order valence-electron chi connectivity index (χ3n) is 6.92. The summed E-state index contributed by atoms with van der Waals surface area (Å²) in [5.41, 5.74) is -0.568. The number of ether oxygens (including phenoxy) is 3. The van der Waals surface area contributed by atoms with E-state index in [0.29, 0.717) is 82.5 Å². The number of hydrogen-bond acceptors (Lipinski definition) is 7. The van der Waals surface area contributed by atoms with Crippen molar-refractivity contribution in [3.05, 3.63) is 77.8 Å². The third-order valence-corrected chi connectivity index (χ3v) is 7.72. The van der Waals surface area contributed by atoms with Gasteiger partial charge in [0.25, 0.3) is 0 Å². The quantitative estimate of drug-likeness (QED) is 0.192. The lowest BCUT2D eigenvalue weighted by molar-refractivity contribution is -0.385. The second-order valence-electron chi connectivity index (χ2n) is 9.34. The number of nitro groups is 1. The highest BCUT2D eigenvalue weighted by Gasteiger charge is 2.42. The number of rotatable bonds is 5. The van der Waals surface area contributed by atoms with E-state index in [2.05, 4.69) is 0 Å². The monoisotopic (exact) mass is 655 g/mol. The molecule has 0 radical (unpaired) electrons. The van der Waals surface area contributed by atoms with Crippen LogP contribution in [0, 0.1) is 13.7 Å². The van der Waals surface area contributed by atoms with Gasteiger partial charge in [-0.05, 0) is 65.3 Å². The van der Waals surface area contributed by atoms with Gasteiger partial charge in [0.15, 0.2) is 23.1 Å². The molecule has 0 atom stereocenters. The molecular formula is C27H21F3INO7. The van der Waals surface area contributed by atoms with Crippen LogP contribution < -0.4 is 9.47 Å². The molecule has 5 rings (SSSR count). The minimum atomic E-state index is -4.77. The molecular weight excluding hydrogens is 634 g/mol. The molecule has 0 fully saturated rings. The largest absolute Gasteiger partial charge is 0.493 e. The first-order valence-electron chi connectivity index (χ1n) is 12.1. The highest BCUT2D eigenvalue weighted by Crippen LogP contribution is 2.50. The lowest BCUT2D eigenvalue weighted by atomic mass is 9.73. The zero-order valence-corrected chi connectivity index (χ0v) is 22.7. The summed E-state index contributed by atoms with van der Waals surface area (Å²) in [6.45, 7) is 0. The smallest absolute Gasteiger partial charge is 0.416 e. The van der Waals surface area contributed by atoms with Gasteiger partial charge in [-0.25, -0.2) is 0 Å². The molecule has 39 heavy (non-hydrogen) atoms. The van der Waals surface area contributed by atoms with Crippen molar-refractivity contribution in [2.45, 2.75) is 50.6 Å². The third kappa shape index (κ3) is 5.01. The molecule has 2 aromatic carbocycles. The molecule has 0 amide bonds. The summed E-state index contributed by atoms with van der Waals surface area (Å²) < 4.78 is 57.2. The maximum absolute atomic E-state index is 13.1. The molecule has 0 aromatic heterocycles. The highest BCUT2D eigenvalue weighted by atomic mass is 127. The fourth-order valence-electron chi connectivity index (χ4n) is 5.19. The van der Waals surface area contributed by atoms with E-state index in [4.69, 9.17) is 14.2 Å². The van der Waals surface area contributed by atoms with Crippen LogP contribution in [0.25, 0.3) is 0 Å². The summed E-state index contributed by atoms with van der Waals surface area (Å²) in [5, 5.41) is 11.6. The molecule has 1 aliphatic heterocycles. The van der Waals surface area contributed by atoms with Crippen molar-refractivity contribution < 1.29 is 41.9 Å². The molecule has 0 N–H and O–H groups in total. The van der Waals surface area contributed by atoms with Gasteiger partial charge in [-0.2, -0.15) is 13.2 Å². The van der Waals surface area contributed by atoms with Gasteiger partial charge < -0.3 is 14.2 Å². The van der Waals surface area contributed by atoms with E-state index in [1.165, 1.54) is 7.11 Å². The Balaban J connectivity index is 1.61. The number of carbonyl (C=O) groups excluding carboxylic acids is 2. The molecule has 0 spiro atoms. The second-order valence-corrected chi connectivity index (χ2v) is 10.5. The number of carbonyl (C=O) groups is 2. The fraction of sp³-hybridized carbons (Fsp3) is 0.333. The van der Waals surface area contributed by atoms with Crippen molar-refractivity contribution in [3.8, 4) is 17.2 Å². The summed E-state index contributed by atoms with van der Waals surface area (Å²) in [4.78, 5) is 36.7. The summed E-state index contributed by atoms with van der Waals surface area (Å²) in [6, 6.07) is 5.27. The van der Waals surface area contributed by atoms with Gasteiger partial charge in [0.05, 0.1) is 21.2 Å². The van der Waals surface area contributed by atoms with Crippen LogP contribution in [0.1, 0.15) is 55.6 Å². The molecule has 0 saturated heterocycles. The van der Waals surface area contributed by atoms with E-state index in [9.17, 15) is 32.9 Å². The number of methoxy groups -OCH3 is 1. The lowest BCUT2D eigenvalue weighted by Crippen LogP contribution is -2.30. The molecule has 2 aliphatic carbocycles. The minimum absolute atomic E-state index is 0.0464. The topological polar surface area (TPSA) is 105 Å². The Kier molecular flexibility index (Phi) is 7.16. The number of alkyl halides is 3. The van der Waals surface area contributed by atoms with Crippen molar-refractivity contribution in [3.63, 3.8) is 0 Å². The Morgan fingerprint density at radius 1 is 0.974 bits per heavy atom. The van der Waals surface area contributed by atoms with Gasteiger partial charge in [-0.1, -0.05) is 0 Å². The van der Waals surface area contributed by atoms with Crippen molar-refractivity contribution in [2.24, 2.45) is 0 Å². The number of ketones is 2. The zero-order chi connectivity index (χ0) is 28.1. The van der Waals surface area contributed by atoms with Crippen molar-refractivity contribution >= 4 is 39.8 Å². The van der Waals surface area contributed by atoms with E-state index >= 15 is 0 Å². The number of Topliss-reactive ketones (excluding diaryl/α,β-unsaturated/α-hetero) is 2. The van der Waals surface area contributed by atoms with E-state index < -0.39 is 34.0 Å². The summed E-state index contributed by atoms with van der Waals surface area (Å²) in [5.74, 6) is 0.0585. The van der Waals surface area contributed by atoms with Crippen LogP contribution in [0.3, 0.4) is 0 Å². The zero-order valence-electron chi connectivity index (χ0n) is 20.5. The number of hydrogen-bond donors (Lipinski definition) is 0. The predicted molar refractivity (Wildman–Crippen MR) is 139 cm³/mol. The Morgan fingerprint density at radius 3 is 2.13 bits per heavy atom. The van der Waals surface area contributed by atoms with Crippen molar-refractivity contribution in [1.29, 1.82) is 0 Å².